The molecular formula is C25H30N2O3. The summed E-state index contributed by atoms with van der Waals surface area (Å²) in [6.45, 7) is 4.72. The van der Waals surface area contributed by atoms with Gasteiger partial charge in [-0.3, -0.25) is 4.79 Å². The summed E-state index contributed by atoms with van der Waals surface area (Å²) in [5, 5.41) is 0. The van der Waals surface area contributed by atoms with Gasteiger partial charge in [0.15, 0.2) is 0 Å². The fraction of sp³-hybridized carbons (Fsp3) is 0.320. The van der Waals surface area contributed by atoms with E-state index in [4.69, 9.17) is 9.47 Å². The van der Waals surface area contributed by atoms with Crippen molar-refractivity contribution in [3.05, 3.63) is 89.2 Å². The lowest BCUT2D eigenvalue weighted by atomic mass is 10.1. The molecule has 30 heavy (non-hydrogen) atoms. The number of ether oxygens (including phenoxy) is 2. The standard InChI is InChI=1S/C25H30N2O3/c1-20-8-4-5-9-22(20)18-26-15-6-10-23(26)19-27(16-7-17-29-2)25(28)21-11-13-24(30-3)14-12-21/h4-6,8-15H,7,16-19H2,1-3H3. The molecule has 5 heteroatoms. The van der Waals surface area contributed by atoms with Crippen LogP contribution in [0.25, 0.3) is 0 Å². The number of nitrogens with zero attached hydrogens (tertiary/aromatic N) is 2. The third-order valence-electron chi connectivity index (χ3n) is 5.28. The molecule has 5 nitrogen and oxygen atoms in total. The molecule has 1 amide bonds. The zero-order valence-electron chi connectivity index (χ0n) is 18.0. The highest BCUT2D eigenvalue weighted by Crippen LogP contribution is 2.17. The molecule has 0 saturated carbocycles. The van der Waals surface area contributed by atoms with Gasteiger partial charge in [0.2, 0.25) is 0 Å². The Morgan fingerprint density at radius 1 is 1.00 bits per heavy atom. The van der Waals surface area contributed by atoms with Crippen LogP contribution in [0.1, 0.15) is 33.6 Å². The number of benzene rings is 2. The smallest absolute Gasteiger partial charge is 0.254 e. The van der Waals surface area contributed by atoms with Gasteiger partial charge in [0.05, 0.1) is 13.7 Å². The van der Waals surface area contributed by atoms with Gasteiger partial charge in [-0.15, -0.1) is 0 Å². The predicted octanol–water partition coefficient (Wildman–Crippen LogP) is 4.53. The summed E-state index contributed by atoms with van der Waals surface area (Å²) in [6, 6.07) is 19.8. The van der Waals surface area contributed by atoms with Gasteiger partial charge < -0.3 is 18.9 Å². The second-order valence-corrected chi connectivity index (χ2v) is 7.36. The molecule has 0 fully saturated rings. The highest BCUT2D eigenvalue weighted by molar-refractivity contribution is 5.94. The number of methoxy groups -OCH3 is 2. The number of amides is 1. The van der Waals surface area contributed by atoms with Crippen LogP contribution in [0.4, 0.5) is 0 Å². The number of aryl methyl sites for hydroxylation is 1. The van der Waals surface area contributed by atoms with E-state index in [1.165, 1.54) is 11.1 Å². The molecule has 0 aliphatic rings. The molecule has 0 bridgehead atoms. The Hall–Kier alpha value is -3.05. The number of aromatic nitrogens is 1. The monoisotopic (exact) mass is 406 g/mol. The van der Waals surface area contributed by atoms with Crippen LogP contribution >= 0.6 is 0 Å². The van der Waals surface area contributed by atoms with Crippen molar-refractivity contribution in [3.8, 4) is 5.75 Å². The van der Waals surface area contributed by atoms with Gasteiger partial charge in [-0.05, 0) is 60.9 Å². The Morgan fingerprint density at radius 2 is 1.77 bits per heavy atom. The van der Waals surface area contributed by atoms with Crippen molar-refractivity contribution in [2.45, 2.75) is 26.4 Å². The number of rotatable bonds is 10. The van der Waals surface area contributed by atoms with Crippen molar-refractivity contribution < 1.29 is 14.3 Å². The minimum atomic E-state index is 0.0115. The van der Waals surface area contributed by atoms with Crippen LogP contribution in [-0.2, 0) is 17.8 Å². The summed E-state index contributed by atoms with van der Waals surface area (Å²) in [5.41, 5.74) is 4.31. The first kappa shape index (κ1) is 21.7. The minimum Gasteiger partial charge on any atom is -0.497 e. The summed E-state index contributed by atoms with van der Waals surface area (Å²) in [6.07, 6.45) is 2.86. The van der Waals surface area contributed by atoms with E-state index in [1.807, 2.05) is 35.2 Å². The summed E-state index contributed by atoms with van der Waals surface area (Å²) in [5.74, 6) is 0.752. The highest BCUT2D eigenvalue weighted by atomic mass is 16.5. The van der Waals surface area contributed by atoms with Crippen LogP contribution < -0.4 is 4.74 Å². The van der Waals surface area contributed by atoms with Crippen LogP contribution in [0.5, 0.6) is 5.75 Å². The molecule has 0 aliphatic carbocycles. The third kappa shape index (κ3) is 5.51. The zero-order chi connectivity index (χ0) is 21.3. The molecule has 3 rings (SSSR count). The van der Waals surface area contributed by atoms with Crippen LogP contribution in [0, 0.1) is 6.92 Å². The Bertz CT molecular complexity index is 947. The first-order valence-electron chi connectivity index (χ1n) is 10.2. The second kappa shape index (κ2) is 10.6. The molecule has 0 atom stereocenters. The fourth-order valence-corrected chi connectivity index (χ4v) is 3.48. The van der Waals surface area contributed by atoms with Crippen molar-refractivity contribution in [1.29, 1.82) is 0 Å². The molecule has 0 radical (unpaired) electrons. The Kier molecular flexibility index (Phi) is 7.69. The van der Waals surface area contributed by atoms with Crippen molar-refractivity contribution in [3.63, 3.8) is 0 Å². The fourth-order valence-electron chi connectivity index (χ4n) is 3.48. The van der Waals surface area contributed by atoms with Crippen LogP contribution in [0.15, 0.2) is 66.9 Å². The molecule has 2 aromatic carbocycles. The molecule has 1 aromatic heterocycles. The maximum Gasteiger partial charge on any atom is 0.254 e. The molecule has 158 valence electrons. The summed E-state index contributed by atoms with van der Waals surface area (Å²) < 4.78 is 12.6. The van der Waals surface area contributed by atoms with E-state index in [0.29, 0.717) is 25.3 Å². The van der Waals surface area contributed by atoms with Gasteiger partial charge in [0.1, 0.15) is 5.75 Å². The van der Waals surface area contributed by atoms with Gasteiger partial charge in [-0.2, -0.15) is 0 Å². The number of hydrogen-bond donors (Lipinski definition) is 0. The lowest BCUT2D eigenvalue weighted by molar-refractivity contribution is 0.0720. The zero-order valence-corrected chi connectivity index (χ0v) is 18.0. The van der Waals surface area contributed by atoms with E-state index in [0.717, 1.165) is 24.4 Å². The van der Waals surface area contributed by atoms with E-state index in [-0.39, 0.29) is 5.91 Å². The summed E-state index contributed by atoms with van der Waals surface area (Å²) in [7, 11) is 3.31. The third-order valence-corrected chi connectivity index (χ3v) is 5.28. The van der Waals surface area contributed by atoms with Gasteiger partial charge in [-0.1, -0.05) is 24.3 Å². The first-order chi connectivity index (χ1) is 14.6. The molecule has 0 saturated heterocycles. The van der Waals surface area contributed by atoms with E-state index in [9.17, 15) is 4.79 Å². The molecule has 0 aliphatic heterocycles. The normalized spacial score (nSPS) is 10.8. The molecule has 1 heterocycles. The molecule has 3 aromatic rings. The van der Waals surface area contributed by atoms with Gasteiger partial charge in [0, 0.05) is 44.3 Å². The Balaban J connectivity index is 1.79. The minimum absolute atomic E-state index is 0.0115. The van der Waals surface area contributed by atoms with E-state index in [1.54, 1.807) is 14.2 Å². The van der Waals surface area contributed by atoms with Gasteiger partial charge in [0.25, 0.3) is 5.91 Å². The maximum atomic E-state index is 13.2. The summed E-state index contributed by atoms with van der Waals surface area (Å²) >= 11 is 0. The largest absolute Gasteiger partial charge is 0.497 e. The van der Waals surface area contributed by atoms with E-state index in [2.05, 4.69) is 48.0 Å². The second-order valence-electron chi connectivity index (χ2n) is 7.36. The van der Waals surface area contributed by atoms with Crippen LogP contribution in [-0.4, -0.2) is 42.7 Å². The molecular weight excluding hydrogens is 376 g/mol. The van der Waals surface area contributed by atoms with E-state index < -0.39 is 0 Å². The number of hydrogen-bond acceptors (Lipinski definition) is 3. The maximum absolute atomic E-state index is 13.2. The van der Waals surface area contributed by atoms with Gasteiger partial charge in [-0.25, -0.2) is 0 Å². The quantitative estimate of drug-likeness (QED) is 0.465. The number of carbonyl (C=O) groups is 1. The highest BCUT2D eigenvalue weighted by Gasteiger charge is 2.18. The van der Waals surface area contributed by atoms with Crippen molar-refractivity contribution in [2.24, 2.45) is 0 Å². The van der Waals surface area contributed by atoms with Crippen molar-refractivity contribution >= 4 is 5.91 Å². The average Bonchev–Trinajstić information content (AvgIpc) is 3.21. The lowest BCUT2D eigenvalue weighted by Gasteiger charge is -2.24. The Morgan fingerprint density at radius 3 is 2.47 bits per heavy atom. The SMILES string of the molecule is COCCCN(Cc1cccn1Cc1ccccc1C)C(=O)c1ccc(OC)cc1. The van der Waals surface area contributed by atoms with Gasteiger partial charge >= 0.3 is 0 Å². The topological polar surface area (TPSA) is 43.7 Å². The Labute approximate surface area is 178 Å². The molecule has 0 unspecified atom stereocenters. The van der Waals surface area contributed by atoms with Crippen molar-refractivity contribution in [1.82, 2.24) is 9.47 Å². The lowest BCUT2D eigenvalue weighted by Crippen LogP contribution is -2.33. The van der Waals surface area contributed by atoms with E-state index >= 15 is 0 Å². The number of carbonyl (C=O) groups excluding carboxylic acids is 1. The van der Waals surface area contributed by atoms with Crippen molar-refractivity contribution in [2.75, 3.05) is 27.4 Å². The molecule has 0 spiro atoms. The van der Waals surface area contributed by atoms with Crippen LogP contribution in [0.3, 0.4) is 0 Å². The summed E-state index contributed by atoms with van der Waals surface area (Å²) in [4.78, 5) is 15.1. The molecule has 0 N–H and O–H groups in total. The average molecular weight is 407 g/mol. The predicted molar refractivity (Wildman–Crippen MR) is 119 cm³/mol. The van der Waals surface area contributed by atoms with Crippen LogP contribution in [0.2, 0.25) is 0 Å². The first-order valence-corrected chi connectivity index (χ1v) is 10.2.